The third kappa shape index (κ3) is 3.83. The molecule has 1 aromatic rings. The van der Waals surface area contributed by atoms with Crippen molar-refractivity contribution in [3.8, 4) is 0 Å². The maximum Gasteiger partial charge on any atom is 0.275 e. The van der Waals surface area contributed by atoms with Gasteiger partial charge in [0.2, 0.25) is 5.91 Å². The largest absolute Gasteiger partial charge is 0.338 e. The Labute approximate surface area is 129 Å². The zero-order chi connectivity index (χ0) is 15.4. The molecule has 21 heavy (non-hydrogen) atoms. The summed E-state index contributed by atoms with van der Waals surface area (Å²) in [6, 6.07) is 1.90. The van der Waals surface area contributed by atoms with Crippen LogP contribution in [-0.4, -0.2) is 23.3 Å². The number of rotatable bonds is 4. The molecular formula is C15H23N3O2S. The first-order valence-electron chi connectivity index (χ1n) is 7.38. The van der Waals surface area contributed by atoms with Gasteiger partial charge < -0.3 is 4.90 Å². The van der Waals surface area contributed by atoms with E-state index in [-0.39, 0.29) is 11.8 Å². The van der Waals surface area contributed by atoms with Crippen molar-refractivity contribution in [3.63, 3.8) is 0 Å². The van der Waals surface area contributed by atoms with Gasteiger partial charge in [-0.15, -0.1) is 11.3 Å². The van der Waals surface area contributed by atoms with E-state index in [0.717, 1.165) is 24.9 Å². The van der Waals surface area contributed by atoms with Crippen LogP contribution in [0.1, 0.15) is 48.3 Å². The number of carbonyl (C=O) groups excluding carboxylic acids is 2. The van der Waals surface area contributed by atoms with Crippen molar-refractivity contribution in [2.24, 2.45) is 17.7 Å². The maximum atomic E-state index is 12.3. The number of thiophene rings is 1. The van der Waals surface area contributed by atoms with Crippen molar-refractivity contribution in [1.82, 2.24) is 10.3 Å². The van der Waals surface area contributed by atoms with Crippen molar-refractivity contribution in [1.29, 1.82) is 0 Å². The summed E-state index contributed by atoms with van der Waals surface area (Å²) in [5.41, 5.74) is 3.03. The summed E-state index contributed by atoms with van der Waals surface area (Å²) >= 11 is 1.35. The Balaban J connectivity index is 2.07. The molecule has 0 saturated carbocycles. The van der Waals surface area contributed by atoms with E-state index < -0.39 is 0 Å². The van der Waals surface area contributed by atoms with Gasteiger partial charge in [-0.25, -0.2) is 5.84 Å². The molecule has 0 aromatic carbocycles. The van der Waals surface area contributed by atoms with Crippen molar-refractivity contribution in [2.75, 3.05) is 6.54 Å². The van der Waals surface area contributed by atoms with E-state index in [1.807, 2.05) is 16.3 Å². The fourth-order valence-corrected chi connectivity index (χ4v) is 3.64. The Morgan fingerprint density at radius 3 is 2.95 bits per heavy atom. The first-order valence-corrected chi connectivity index (χ1v) is 8.26. The summed E-state index contributed by atoms with van der Waals surface area (Å²) in [5, 5.41) is 1.86. The van der Waals surface area contributed by atoms with Gasteiger partial charge in [0.15, 0.2) is 0 Å². The summed E-state index contributed by atoms with van der Waals surface area (Å²) < 4.78 is 0. The van der Waals surface area contributed by atoms with Crippen LogP contribution in [0.5, 0.6) is 0 Å². The van der Waals surface area contributed by atoms with E-state index in [1.165, 1.54) is 11.3 Å². The standard InChI is InChI=1S/C15H23N3O2S/c1-10(2)11-3-4-13(19)18(7-5-11)9-12-6-8-21-14(12)15(20)17-16/h6,8,10-11H,3-5,7,9,16H2,1-2H3,(H,17,20). The van der Waals surface area contributed by atoms with Gasteiger partial charge in [-0.2, -0.15) is 0 Å². The van der Waals surface area contributed by atoms with Crippen LogP contribution in [0.3, 0.4) is 0 Å². The van der Waals surface area contributed by atoms with Crippen molar-refractivity contribution in [2.45, 2.75) is 39.7 Å². The molecule has 2 amide bonds. The number of likely N-dealkylation sites (tertiary alicyclic amines) is 1. The van der Waals surface area contributed by atoms with Gasteiger partial charge in [0.25, 0.3) is 5.91 Å². The molecule has 3 N–H and O–H groups in total. The fraction of sp³-hybridized carbons (Fsp3) is 0.600. The minimum absolute atomic E-state index is 0.184. The summed E-state index contributed by atoms with van der Waals surface area (Å²) in [6.45, 7) is 5.69. The normalized spacial score (nSPS) is 19.7. The smallest absolute Gasteiger partial charge is 0.275 e. The maximum absolute atomic E-state index is 12.3. The molecule has 1 atom stereocenters. The lowest BCUT2D eigenvalue weighted by Crippen LogP contribution is -2.33. The molecular weight excluding hydrogens is 286 g/mol. The molecule has 1 aliphatic rings. The predicted molar refractivity (Wildman–Crippen MR) is 83.6 cm³/mol. The van der Waals surface area contributed by atoms with Gasteiger partial charge >= 0.3 is 0 Å². The van der Waals surface area contributed by atoms with Crippen molar-refractivity contribution >= 4 is 23.2 Å². The number of hydrazine groups is 1. The minimum Gasteiger partial charge on any atom is -0.338 e. The van der Waals surface area contributed by atoms with E-state index in [2.05, 4.69) is 19.3 Å². The number of hydrogen-bond donors (Lipinski definition) is 2. The summed E-state index contributed by atoms with van der Waals surface area (Å²) in [5.74, 6) is 6.30. The lowest BCUT2D eigenvalue weighted by molar-refractivity contribution is -0.131. The average molecular weight is 309 g/mol. The Kier molecular flexibility index (Phi) is 5.36. The Morgan fingerprint density at radius 2 is 2.29 bits per heavy atom. The molecule has 1 fully saturated rings. The van der Waals surface area contributed by atoms with E-state index in [0.29, 0.717) is 29.7 Å². The lowest BCUT2D eigenvalue weighted by atomic mass is 9.89. The molecule has 1 saturated heterocycles. The van der Waals surface area contributed by atoms with Gasteiger partial charge in [0.05, 0.1) is 4.88 Å². The molecule has 6 heteroatoms. The van der Waals surface area contributed by atoms with E-state index in [9.17, 15) is 9.59 Å². The number of nitrogen functional groups attached to an aromatic ring is 1. The van der Waals surface area contributed by atoms with Crippen LogP contribution in [0.15, 0.2) is 11.4 Å². The second-order valence-electron chi connectivity index (χ2n) is 5.90. The van der Waals surface area contributed by atoms with Gasteiger partial charge in [0.1, 0.15) is 0 Å². The van der Waals surface area contributed by atoms with Crippen LogP contribution in [0.25, 0.3) is 0 Å². The van der Waals surface area contributed by atoms with Crippen LogP contribution in [-0.2, 0) is 11.3 Å². The van der Waals surface area contributed by atoms with E-state index in [4.69, 9.17) is 5.84 Å². The Bertz CT molecular complexity index is 513. The molecule has 0 radical (unpaired) electrons. The highest BCUT2D eigenvalue weighted by Crippen LogP contribution is 2.27. The summed E-state index contributed by atoms with van der Waals surface area (Å²) in [6.07, 6.45) is 2.60. The zero-order valence-electron chi connectivity index (χ0n) is 12.6. The quantitative estimate of drug-likeness (QED) is 0.508. The summed E-state index contributed by atoms with van der Waals surface area (Å²) in [7, 11) is 0. The number of carbonyl (C=O) groups is 2. The van der Waals surface area contributed by atoms with Gasteiger partial charge in [-0.05, 0) is 41.7 Å². The Morgan fingerprint density at radius 1 is 1.52 bits per heavy atom. The van der Waals surface area contributed by atoms with Gasteiger partial charge in [0, 0.05) is 19.5 Å². The molecule has 5 nitrogen and oxygen atoms in total. The fourth-order valence-electron chi connectivity index (χ4n) is 2.82. The van der Waals surface area contributed by atoms with Crippen LogP contribution in [0, 0.1) is 11.8 Å². The third-order valence-electron chi connectivity index (χ3n) is 4.24. The number of amides is 2. The van der Waals surface area contributed by atoms with E-state index >= 15 is 0 Å². The highest BCUT2D eigenvalue weighted by molar-refractivity contribution is 7.12. The van der Waals surface area contributed by atoms with Crippen LogP contribution in [0.2, 0.25) is 0 Å². The molecule has 0 bridgehead atoms. The van der Waals surface area contributed by atoms with Crippen LogP contribution in [0.4, 0.5) is 0 Å². The SMILES string of the molecule is CC(C)C1CCC(=O)N(Cc2ccsc2C(=O)NN)CC1. The molecule has 1 aromatic heterocycles. The Hall–Kier alpha value is -1.40. The van der Waals surface area contributed by atoms with E-state index in [1.54, 1.807) is 0 Å². The highest BCUT2D eigenvalue weighted by atomic mass is 32.1. The zero-order valence-corrected chi connectivity index (χ0v) is 13.4. The summed E-state index contributed by atoms with van der Waals surface area (Å²) in [4.78, 5) is 26.4. The van der Waals surface area contributed by atoms with Crippen molar-refractivity contribution < 1.29 is 9.59 Å². The monoisotopic (exact) mass is 309 g/mol. The third-order valence-corrected chi connectivity index (χ3v) is 5.20. The topological polar surface area (TPSA) is 75.4 Å². The van der Waals surface area contributed by atoms with Crippen LogP contribution >= 0.6 is 11.3 Å². The molecule has 2 rings (SSSR count). The molecule has 2 heterocycles. The first kappa shape index (κ1) is 16.0. The molecule has 116 valence electrons. The molecule has 0 spiro atoms. The predicted octanol–water partition coefficient (Wildman–Crippen LogP) is 2.14. The molecule has 0 aliphatic carbocycles. The average Bonchev–Trinajstić information content (AvgIpc) is 2.84. The molecule has 1 unspecified atom stereocenters. The number of nitrogens with zero attached hydrogens (tertiary/aromatic N) is 1. The lowest BCUT2D eigenvalue weighted by Gasteiger charge is -2.22. The van der Waals surface area contributed by atoms with Gasteiger partial charge in [-0.1, -0.05) is 13.8 Å². The van der Waals surface area contributed by atoms with Crippen LogP contribution < -0.4 is 11.3 Å². The first-order chi connectivity index (χ1) is 10.0. The second kappa shape index (κ2) is 7.04. The minimum atomic E-state index is -0.290. The number of hydrogen-bond acceptors (Lipinski definition) is 4. The number of nitrogens with one attached hydrogen (secondary N) is 1. The number of nitrogens with two attached hydrogens (primary N) is 1. The molecule has 1 aliphatic heterocycles. The second-order valence-corrected chi connectivity index (χ2v) is 6.81. The van der Waals surface area contributed by atoms with Crippen molar-refractivity contribution in [3.05, 3.63) is 21.9 Å². The highest BCUT2D eigenvalue weighted by Gasteiger charge is 2.25. The van der Waals surface area contributed by atoms with Gasteiger partial charge in [-0.3, -0.25) is 15.0 Å².